The van der Waals surface area contributed by atoms with Gasteiger partial charge in [-0.3, -0.25) is 4.79 Å². The summed E-state index contributed by atoms with van der Waals surface area (Å²) < 4.78 is 6.24. The van der Waals surface area contributed by atoms with Crippen LogP contribution in [0.5, 0.6) is 5.88 Å². The van der Waals surface area contributed by atoms with Crippen LogP contribution in [0.2, 0.25) is 0 Å². The van der Waals surface area contributed by atoms with Crippen LogP contribution in [0.4, 0.5) is 5.82 Å². The number of carbonyl (C=O) groups excluding carboxylic acids is 1. The van der Waals surface area contributed by atoms with Crippen LogP contribution in [-0.4, -0.2) is 56.5 Å². The number of nitriles is 1. The topological polar surface area (TPSA) is 108 Å². The Balaban J connectivity index is 1.32. The molecule has 2 aliphatic heterocycles. The summed E-state index contributed by atoms with van der Waals surface area (Å²) in [6, 6.07) is 5.74. The van der Waals surface area contributed by atoms with E-state index in [0.717, 1.165) is 24.1 Å². The van der Waals surface area contributed by atoms with Crippen LogP contribution >= 0.6 is 11.3 Å². The van der Waals surface area contributed by atoms with E-state index in [1.807, 2.05) is 0 Å². The molecule has 3 aromatic rings. The number of fused-ring (bicyclic) bond motifs is 1. The van der Waals surface area contributed by atoms with E-state index in [0.29, 0.717) is 49.1 Å². The standard InChI is InChI=1S/C21H19N7O2S/c22-8-14-2-1-5-23-19(14)27-7-4-17-16(10-27)20(25-12-24-17)30-15-3-6-28(9-15)21(29)18-11-31-13-26-18/h1-2,5,11-13,15H,3-4,6-7,9-10H2. The van der Waals surface area contributed by atoms with Gasteiger partial charge in [0.15, 0.2) is 0 Å². The van der Waals surface area contributed by atoms with Crippen molar-refractivity contribution >= 4 is 23.1 Å². The number of amides is 1. The zero-order valence-electron chi connectivity index (χ0n) is 16.6. The van der Waals surface area contributed by atoms with Crippen molar-refractivity contribution in [2.24, 2.45) is 0 Å². The van der Waals surface area contributed by atoms with Gasteiger partial charge in [0.1, 0.15) is 30.0 Å². The van der Waals surface area contributed by atoms with E-state index < -0.39 is 0 Å². The molecule has 5 rings (SSSR count). The highest BCUT2D eigenvalue weighted by Gasteiger charge is 2.31. The van der Waals surface area contributed by atoms with Crippen molar-refractivity contribution in [2.75, 3.05) is 24.5 Å². The maximum atomic E-state index is 12.5. The minimum atomic E-state index is -0.138. The first-order valence-electron chi connectivity index (χ1n) is 10.00. The van der Waals surface area contributed by atoms with Crippen LogP contribution in [0, 0.1) is 11.3 Å². The molecule has 3 aromatic heterocycles. The molecule has 156 valence electrons. The van der Waals surface area contributed by atoms with Gasteiger partial charge in [-0.2, -0.15) is 5.26 Å². The van der Waals surface area contributed by atoms with Gasteiger partial charge in [0.05, 0.1) is 35.4 Å². The quantitative estimate of drug-likeness (QED) is 0.615. The number of hydrogen-bond donors (Lipinski definition) is 0. The Bertz CT molecular complexity index is 1140. The maximum Gasteiger partial charge on any atom is 0.273 e. The van der Waals surface area contributed by atoms with Gasteiger partial charge >= 0.3 is 0 Å². The number of carbonyl (C=O) groups is 1. The average Bonchev–Trinajstić information content (AvgIpc) is 3.51. The van der Waals surface area contributed by atoms with Crippen LogP contribution < -0.4 is 9.64 Å². The Kier molecular flexibility index (Phi) is 5.18. The fraction of sp³-hybridized carbons (Fsp3) is 0.333. The first-order valence-corrected chi connectivity index (χ1v) is 10.9. The molecule has 1 atom stereocenters. The first kappa shape index (κ1) is 19.4. The molecule has 5 heterocycles. The normalized spacial score (nSPS) is 17.8. The molecule has 0 aromatic carbocycles. The van der Waals surface area contributed by atoms with Gasteiger partial charge < -0.3 is 14.5 Å². The van der Waals surface area contributed by atoms with Crippen LogP contribution in [0.15, 0.2) is 35.5 Å². The molecule has 1 unspecified atom stereocenters. The van der Waals surface area contributed by atoms with E-state index >= 15 is 0 Å². The molecule has 1 saturated heterocycles. The van der Waals surface area contributed by atoms with E-state index in [1.54, 1.807) is 34.1 Å². The molecule has 0 bridgehead atoms. The molecule has 2 aliphatic rings. The van der Waals surface area contributed by atoms with Gasteiger partial charge in [-0.1, -0.05) is 0 Å². The lowest BCUT2D eigenvalue weighted by Gasteiger charge is -2.30. The summed E-state index contributed by atoms with van der Waals surface area (Å²) in [5.41, 5.74) is 4.54. The van der Waals surface area contributed by atoms with Crippen molar-refractivity contribution in [1.29, 1.82) is 5.26 Å². The van der Waals surface area contributed by atoms with Crippen molar-refractivity contribution in [3.63, 3.8) is 0 Å². The predicted octanol–water partition coefficient (Wildman–Crippen LogP) is 2.06. The van der Waals surface area contributed by atoms with Crippen molar-refractivity contribution in [2.45, 2.75) is 25.5 Å². The second-order valence-corrected chi connectivity index (χ2v) is 8.13. The fourth-order valence-corrected chi connectivity index (χ4v) is 4.51. The van der Waals surface area contributed by atoms with E-state index in [9.17, 15) is 10.1 Å². The molecule has 1 amide bonds. The minimum Gasteiger partial charge on any atom is -0.472 e. The zero-order valence-corrected chi connectivity index (χ0v) is 17.5. The molecular weight excluding hydrogens is 414 g/mol. The average molecular weight is 433 g/mol. The van der Waals surface area contributed by atoms with Crippen molar-refractivity contribution in [3.05, 3.63) is 58.1 Å². The van der Waals surface area contributed by atoms with E-state index in [-0.39, 0.29) is 12.0 Å². The summed E-state index contributed by atoms with van der Waals surface area (Å²) in [6.07, 6.45) is 4.53. The summed E-state index contributed by atoms with van der Waals surface area (Å²) in [7, 11) is 0. The second kappa shape index (κ2) is 8.28. The van der Waals surface area contributed by atoms with E-state index in [2.05, 4.69) is 30.9 Å². The number of likely N-dealkylation sites (tertiary alicyclic amines) is 1. The van der Waals surface area contributed by atoms with Gasteiger partial charge in [0.25, 0.3) is 5.91 Å². The zero-order chi connectivity index (χ0) is 21.2. The number of anilines is 1. The van der Waals surface area contributed by atoms with Crippen molar-refractivity contribution < 1.29 is 9.53 Å². The summed E-state index contributed by atoms with van der Waals surface area (Å²) >= 11 is 1.41. The fourth-order valence-electron chi connectivity index (χ4n) is 3.98. The molecule has 0 saturated carbocycles. The number of thiazole rings is 1. The van der Waals surface area contributed by atoms with E-state index in [1.165, 1.54) is 17.7 Å². The third kappa shape index (κ3) is 3.80. The molecule has 0 spiro atoms. The monoisotopic (exact) mass is 433 g/mol. The summed E-state index contributed by atoms with van der Waals surface area (Å²) in [6.45, 7) is 2.36. The molecular formula is C21H19N7O2S. The summed E-state index contributed by atoms with van der Waals surface area (Å²) in [4.78, 5) is 33.7. The summed E-state index contributed by atoms with van der Waals surface area (Å²) in [5, 5.41) is 11.2. The first-order chi connectivity index (χ1) is 15.2. The van der Waals surface area contributed by atoms with Crippen LogP contribution in [-0.2, 0) is 13.0 Å². The number of aromatic nitrogens is 4. The smallest absolute Gasteiger partial charge is 0.273 e. The van der Waals surface area contributed by atoms with Gasteiger partial charge in [-0.05, 0) is 12.1 Å². The number of ether oxygens (including phenoxy) is 1. The Morgan fingerprint density at radius 2 is 2.19 bits per heavy atom. The predicted molar refractivity (Wildman–Crippen MR) is 113 cm³/mol. The lowest BCUT2D eigenvalue weighted by atomic mass is 10.1. The third-order valence-electron chi connectivity index (χ3n) is 5.53. The number of nitrogens with zero attached hydrogens (tertiary/aromatic N) is 7. The lowest BCUT2D eigenvalue weighted by Crippen LogP contribution is -2.34. The molecule has 0 aliphatic carbocycles. The lowest BCUT2D eigenvalue weighted by molar-refractivity contribution is 0.0766. The van der Waals surface area contributed by atoms with Crippen LogP contribution in [0.25, 0.3) is 0 Å². The van der Waals surface area contributed by atoms with Gasteiger partial charge in [-0.15, -0.1) is 11.3 Å². The Labute approximate surface area is 183 Å². The van der Waals surface area contributed by atoms with Crippen molar-refractivity contribution in [3.8, 4) is 11.9 Å². The van der Waals surface area contributed by atoms with E-state index in [4.69, 9.17) is 4.74 Å². The van der Waals surface area contributed by atoms with Gasteiger partial charge in [0.2, 0.25) is 5.88 Å². The maximum absolute atomic E-state index is 12.5. The molecule has 0 N–H and O–H groups in total. The number of pyridine rings is 1. The Morgan fingerprint density at radius 3 is 3.03 bits per heavy atom. The third-order valence-corrected chi connectivity index (χ3v) is 6.12. The Hall–Kier alpha value is -3.58. The molecule has 10 heteroatoms. The molecule has 0 radical (unpaired) electrons. The van der Waals surface area contributed by atoms with Crippen LogP contribution in [0.1, 0.15) is 33.7 Å². The number of rotatable bonds is 4. The second-order valence-electron chi connectivity index (χ2n) is 7.42. The highest BCUT2D eigenvalue weighted by Crippen LogP contribution is 2.30. The van der Waals surface area contributed by atoms with Gasteiger partial charge in [-0.25, -0.2) is 19.9 Å². The highest BCUT2D eigenvalue weighted by molar-refractivity contribution is 7.07. The molecule has 1 fully saturated rings. The SMILES string of the molecule is N#Cc1cccnc1N1CCc2ncnc(OC3CCN(C(=O)c4cscn4)C3)c2C1. The van der Waals surface area contributed by atoms with Crippen LogP contribution in [0.3, 0.4) is 0 Å². The highest BCUT2D eigenvalue weighted by atomic mass is 32.1. The van der Waals surface area contributed by atoms with Gasteiger partial charge in [0, 0.05) is 37.5 Å². The van der Waals surface area contributed by atoms with Crippen molar-refractivity contribution in [1.82, 2.24) is 24.8 Å². The number of hydrogen-bond acceptors (Lipinski definition) is 9. The molecule has 31 heavy (non-hydrogen) atoms. The molecule has 9 nitrogen and oxygen atoms in total. The summed E-state index contributed by atoms with van der Waals surface area (Å²) in [5.74, 6) is 1.13. The Morgan fingerprint density at radius 1 is 1.26 bits per heavy atom. The largest absolute Gasteiger partial charge is 0.472 e. The minimum absolute atomic E-state index is 0.0672.